The van der Waals surface area contributed by atoms with Gasteiger partial charge in [0.2, 0.25) is 0 Å². The first-order valence-electron chi connectivity index (χ1n) is 4.74. The zero-order valence-corrected chi connectivity index (χ0v) is 7.75. The fourth-order valence-corrected chi connectivity index (χ4v) is 1.28. The molecule has 72 valence electrons. The zero-order chi connectivity index (χ0) is 8.81. The van der Waals surface area contributed by atoms with E-state index in [1.807, 2.05) is 0 Å². The highest BCUT2D eigenvalue weighted by molar-refractivity contribution is 4.83. The molecule has 0 amide bonds. The summed E-state index contributed by atoms with van der Waals surface area (Å²) in [4.78, 5) is 0. The Labute approximate surface area is 74.1 Å². The van der Waals surface area contributed by atoms with Gasteiger partial charge in [0.15, 0.2) is 0 Å². The molecule has 2 unspecified atom stereocenters. The summed E-state index contributed by atoms with van der Waals surface area (Å²) < 4.78 is 5.10. The lowest BCUT2D eigenvalue weighted by Crippen LogP contribution is -2.22. The van der Waals surface area contributed by atoms with Crippen molar-refractivity contribution in [2.24, 2.45) is 11.8 Å². The number of hydrogen-bond donors (Lipinski definition) is 2. The third-order valence-electron chi connectivity index (χ3n) is 2.34. The highest BCUT2D eigenvalue weighted by Crippen LogP contribution is 2.36. The maximum Gasteiger partial charge on any atom is 0.0698 e. The van der Waals surface area contributed by atoms with Crippen LogP contribution in [0.4, 0.5) is 0 Å². The number of ether oxygens (including phenoxy) is 1. The molecule has 0 aromatic heterocycles. The van der Waals surface area contributed by atoms with Crippen LogP contribution in [0.1, 0.15) is 13.3 Å². The highest BCUT2D eigenvalue weighted by Gasteiger charge is 2.31. The summed E-state index contributed by atoms with van der Waals surface area (Å²) >= 11 is 0. The SMILES string of the molecule is CC1CC1CNCCOCCO. The van der Waals surface area contributed by atoms with E-state index in [1.165, 1.54) is 6.42 Å². The van der Waals surface area contributed by atoms with Crippen LogP contribution < -0.4 is 5.32 Å². The van der Waals surface area contributed by atoms with Gasteiger partial charge in [-0.05, 0) is 24.8 Å². The van der Waals surface area contributed by atoms with Gasteiger partial charge in [0.1, 0.15) is 0 Å². The minimum absolute atomic E-state index is 0.125. The minimum Gasteiger partial charge on any atom is -0.394 e. The lowest BCUT2D eigenvalue weighted by atomic mass is 10.3. The van der Waals surface area contributed by atoms with Gasteiger partial charge in [-0.3, -0.25) is 0 Å². The molecule has 1 aliphatic carbocycles. The number of rotatable bonds is 7. The average Bonchev–Trinajstić information content (AvgIpc) is 2.74. The van der Waals surface area contributed by atoms with Crippen molar-refractivity contribution in [3.05, 3.63) is 0 Å². The van der Waals surface area contributed by atoms with Crippen molar-refractivity contribution in [1.82, 2.24) is 5.32 Å². The van der Waals surface area contributed by atoms with Crippen molar-refractivity contribution < 1.29 is 9.84 Å². The maximum atomic E-state index is 8.41. The summed E-state index contributed by atoms with van der Waals surface area (Å²) in [6.07, 6.45) is 1.38. The van der Waals surface area contributed by atoms with Crippen LogP contribution in [0.15, 0.2) is 0 Å². The average molecular weight is 173 g/mol. The van der Waals surface area contributed by atoms with Gasteiger partial charge in [-0.2, -0.15) is 0 Å². The molecule has 0 aromatic rings. The molecular formula is C9H19NO2. The summed E-state index contributed by atoms with van der Waals surface area (Å²) in [5.41, 5.74) is 0. The smallest absolute Gasteiger partial charge is 0.0698 e. The van der Waals surface area contributed by atoms with Crippen molar-refractivity contribution in [3.63, 3.8) is 0 Å². The molecule has 0 saturated heterocycles. The molecule has 3 heteroatoms. The van der Waals surface area contributed by atoms with Crippen LogP contribution in [0.25, 0.3) is 0 Å². The molecule has 0 heterocycles. The summed E-state index contributed by atoms with van der Waals surface area (Å²) in [6.45, 7) is 5.62. The van der Waals surface area contributed by atoms with E-state index in [9.17, 15) is 0 Å². The standard InChI is InChI=1S/C9H19NO2/c1-8-6-9(8)7-10-2-4-12-5-3-11/h8-11H,2-7H2,1H3. The van der Waals surface area contributed by atoms with Gasteiger partial charge >= 0.3 is 0 Å². The Morgan fingerprint density at radius 1 is 1.50 bits per heavy atom. The van der Waals surface area contributed by atoms with Crippen LogP contribution in [0.2, 0.25) is 0 Å². The molecule has 1 fully saturated rings. The van der Waals surface area contributed by atoms with E-state index in [0.29, 0.717) is 13.2 Å². The van der Waals surface area contributed by atoms with E-state index in [-0.39, 0.29) is 6.61 Å². The van der Waals surface area contributed by atoms with Gasteiger partial charge in [-0.15, -0.1) is 0 Å². The maximum absolute atomic E-state index is 8.41. The summed E-state index contributed by atoms with van der Waals surface area (Å²) in [5.74, 6) is 1.83. The normalized spacial score (nSPS) is 27.5. The van der Waals surface area contributed by atoms with Crippen molar-refractivity contribution in [1.29, 1.82) is 0 Å². The molecule has 1 aliphatic rings. The second-order valence-electron chi connectivity index (χ2n) is 3.51. The Morgan fingerprint density at radius 3 is 2.83 bits per heavy atom. The molecule has 2 N–H and O–H groups in total. The molecule has 0 radical (unpaired) electrons. The molecule has 3 nitrogen and oxygen atoms in total. The molecule has 0 spiro atoms. The summed E-state index contributed by atoms with van der Waals surface area (Å²) in [6, 6.07) is 0. The lowest BCUT2D eigenvalue weighted by Gasteiger charge is -2.03. The van der Waals surface area contributed by atoms with Gasteiger partial charge in [-0.25, -0.2) is 0 Å². The van der Waals surface area contributed by atoms with Crippen molar-refractivity contribution in [2.75, 3.05) is 32.9 Å². The van der Waals surface area contributed by atoms with Crippen LogP contribution in [-0.2, 0) is 4.74 Å². The summed E-state index contributed by atoms with van der Waals surface area (Å²) in [5, 5.41) is 11.7. The number of hydrogen-bond acceptors (Lipinski definition) is 3. The Balaban J connectivity index is 1.72. The first-order valence-corrected chi connectivity index (χ1v) is 4.74. The highest BCUT2D eigenvalue weighted by atomic mass is 16.5. The lowest BCUT2D eigenvalue weighted by molar-refractivity contribution is 0.0938. The zero-order valence-electron chi connectivity index (χ0n) is 7.75. The van der Waals surface area contributed by atoms with Crippen LogP contribution in [0.3, 0.4) is 0 Å². The molecule has 12 heavy (non-hydrogen) atoms. The monoisotopic (exact) mass is 173 g/mol. The molecular weight excluding hydrogens is 154 g/mol. The molecule has 0 aromatic carbocycles. The molecule has 1 rings (SSSR count). The van der Waals surface area contributed by atoms with Gasteiger partial charge < -0.3 is 15.2 Å². The molecule has 1 saturated carbocycles. The van der Waals surface area contributed by atoms with Crippen molar-refractivity contribution in [2.45, 2.75) is 13.3 Å². The van der Waals surface area contributed by atoms with E-state index in [2.05, 4.69) is 12.2 Å². The van der Waals surface area contributed by atoms with E-state index in [1.54, 1.807) is 0 Å². The van der Waals surface area contributed by atoms with Crippen LogP contribution in [0.5, 0.6) is 0 Å². The van der Waals surface area contributed by atoms with E-state index < -0.39 is 0 Å². The quantitative estimate of drug-likeness (QED) is 0.542. The number of aliphatic hydroxyl groups excluding tert-OH is 1. The predicted molar refractivity (Wildman–Crippen MR) is 48.0 cm³/mol. The second kappa shape index (κ2) is 5.51. The van der Waals surface area contributed by atoms with E-state index in [0.717, 1.165) is 24.9 Å². The minimum atomic E-state index is 0.125. The van der Waals surface area contributed by atoms with Crippen LogP contribution in [0, 0.1) is 11.8 Å². The Bertz CT molecular complexity index is 119. The van der Waals surface area contributed by atoms with Crippen molar-refractivity contribution in [3.8, 4) is 0 Å². The Kier molecular flexibility index (Phi) is 4.58. The third kappa shape index (κ3) is 4.04. The molecule has 0 aliphatic heterocycles. The van der Waals surface area contributed by atoms with Crippen LogP contribution >= 0.6 is 0 Å². The largest absolute Gasteiger partial charge is 0.394 e. The van der Waals surface area contributed by atoms with Gasteiger partial charge in [0.05, 0.1) is 19.8 Å². The number of nitrogens with one attached hydrogen (secondary N) is 1. The number of aliphatic hydroxyl groups is 1. The first-order chi connectivity index (χ1) is 5.84. The van der Waals surface area contributed by atoms with E-state index in [4.69, 9.17) is 9.84 Å². The molecule has 0 bridgehead atoms. The topological polar surface area (TPSA) is 41.5 Å². The Hall–Kier alpha value is -0.120. The summed E-state index contributed by atoms with van der Waals surface area (Å²) in [7, 11) is 0. The van der Waals surface area contributed by atoms with Crippen molar-refractivity contribution >= 4 is 0 Å². The van der Waals surface area contributed by atoms with Gasteiger partial charge in [0.25, 0.3) is 0 Å². The second-order valence-corrected chi connectivity index (χ2v) is 3.51. The third-order valence-corrected chi connectivity index (χ3v) is 2.34. The predicted octanol–water partition coefficient (Wildman–Crippen LogP) is 0.241. The van der Waals surface area contributed by atoms with Gasteiger partial charge in [-0.1, -0.05) is 6.92 Å². The molecule has 2 atom stereocenters. The van der Waals surface area contributed by atoms with Gasteiger partial charge in [0, 0.05) is 6.54 Å². The Morgan fingerprint density at radius 2 is 2.25 bits per heavy atom. The van der Waals surface area contributed by atoms with E-state index >= 15 is 0 Å². The first kappa shape index (κ1) is 9.96. The fourth-order valence-electron chi connectivity index (χ4n) is 1.28. The fraction of sp³-hybridized carbons (Fsp3) is 1.00. The van der Waals surface area contributed by atoms with Crippen LogP contribution in [-0.4, -0.2) is 38.0 Å².